The van der Waals surface area contributed by atoms with Crippen LogP contribution in [0.2, 0.25) is 0 Å². The lowest BCUT2D eigenvalue weighted by molar-refractivity contribution is 0.271. The van der Waals surface area contributed by atoms with E-state index in [0.717, 1.165) is 17.2 Å². The van der Waals surface area contributed by atoms with Crippen LogP contribution in [-0.2, 0) is 0 Å². The van der Waals surface area contributed by atoms with Gasteiger partial charge in [0, 0.05) is 19.3 Å². The second-order valence-electron chi connectivity index (χ2n) is 6.45. The molecule has 1 aliphatic heterocycles. The number of ether oxygens (including phenoxy) is 2. The van der Waals surface area contributed by atoms with Gasteiger partial charge in [-0.1, -0.05) is 0 Å². The maximum absolute atomic E-state index is 5.68. The molecule has 0 bridgehead atoms. The van der Waals surface area contributed by atoms with Gasteiger partial charge < -0.3 is 19.7 Å². The molecule has 0 spiro atoms. The van der Waals surface area contributed by atoms with Crippen molar-refractivity contribution in [3.05, 3.63) is 36.7 Å². The third kappa shape index (κ3) is 3.23. The highest BCUT2D eigenvalue weighted by Crippen LogP contribution is 2.32. The molecule has 1 atom stereocenters. The summed E-state index contributed by atoms with van der Waals surface area (Å²) in [6, 6.07) is 2.10. The number of imidazole rings is 1. The highest BCUT2D eigenvalue weighted by Gasteiger charge is 2.23. The van der Waals surface area contributed by atoms with Crippen LogP contribution in [0.5, 0.6) is 11.5 Å². The van der Waals surface area contributed by atoms with Crippen LogP contribution in [0.3, 0.4) is 0 Å². The van der Waals surface area contributed by atoms with E-state index in [1.165, 1.54) is 0 Å². The number of fused-ring (bicyclic) bond motifs is 1. The van der Waals surface area contributed by atoms with Crippen molar-refractivity contribution in [3.63, 3.8) is 0 Å². The van der Waals surface area contributed by atoms with Crippen molar-refractivity contribution in [1.82, 2.24) is 24.5 Å². The number of aromatic nitrogens is 5. The first-order chi connectivity index (χ1) is 13.0. The van der Waals surface area contributed by atoms with Crippen LogP contribution in [0, 0.1) is 6.92 Å². The molecule has 1 unspecified atom stereocenters. The molecule has 0 radical (unpaired) electrons. The molecule has 0 fully saturated rings. The van der Waals surface area contributed by atoms with E-state index in [4.69, 9.17) is 9.47 Å². The van der Waals surface area contributed by atoms with Crippen molar-refractivity contribution in [1.29, 1.82) is 0 Å². The van der Waals surface area contributed by atoms with Gasteiger partial charge in [-0.15, -0.1) is 0 Å². The number of nitrogens with one attached hydrogen (secondary N) is 1. The smallest absolute Gasteiger partial charge is 0.229 e. The molecule has 27 heavy (non-hydrogen) atoms. The third-order valence-corrected chi connectivity index (χ3v) is 4.48. The largest absolute Gasteiger partial charge is 0.493 e. The van der Waals surface area contributed by atoms with Crippen molar-refractivity contribution in [3.8, 4) is 17.3 Å². The SMILES string of the molecule is COc1cc(Nc2ncc3c(n2)N(C)C(C)CO3)cnc1-n1cnc(C)c1. The Kier molecular flexibility index (Phi) is 4.27. The molecule has 1 aliphatic rings. The van der Waals surface area contributed by atoms with Crippen molar-refractivity contribution in [2.75, 3.05) is 31.0 Å². The summed E-state index contributed by atoms with van der Waals surface area (Å²) in [5.74, 6) is 3.19. The zero-order valence-electron chi connectivity index (χ0n) is 15.7. The van der Waals surface area contributed by atoms with Gasteiger partial charge in [0.05, 0.1) is 36.9 Å². The van der Waals surface area contributed by atoms with Gasteiger partial charge in [-0.2, -0.15) is 4.98 Å². The van der Waals surface area contributed by atoms with Gasteiger partial charge in [-0.3, -0.25) is 4.57 Å². The first-order valence-corrected chi connectivity index (χ1v) is 8.60. The molecule has 3 aromatic heterocycles. The molecule has 0 aliphatic carbocycles. The summed E-state index contributed by atoms with van der Waals surface area (Å²) in [4.78, 5) is 19.7. The summed E-state index contributed by atoms with van der Waals surface area (Å²) >= 11 is 0. The lowest BCUT2D eigenvalue weighted by Crippen LogP contribution is -2.38. The summed E-state index contributed by atoms with van der Waals surface area (Å²) in [6.45, 7) is 4.63. The molecule has 0 saturated carbocycles. The Morgan fingerprint density at radius 2 is 2.07 bits per heavy atom. The van der Waals surface area contributed by atoms with E-state index in [1.54, 1.807) is 25.8 Å². The number of anilines is 3. The number of likely N-dealkylation sites (N-methyl/N-ethyl adjacent to an activating group) is 1. The molecular formula is C18H21N7O2. The number of hydrogen-bond acceptors (Lipinski definition) is 8. The Morgan fingerprint density at radius 3 is 2.81 bits per heavy atom. The van der Waals surface area contributed by atoms with Crippen LogP contribution >= 0.6 is 0 Å². The van der Waals surface area contributed by atoms with Crippen LogP contribution in [0.25, 0.3) is 5.82 Å². The third-order valence-electron chi connectivity index (χ3n) is 4.48. The predicted octanol–water partition coefficient (Wildman–Crippen LogP) is 2.34. The van der Waals surface area contributed by atoms with Crippen molar-refractivity contribution in [2.45, 2.75) is 19.9 Å². The highest BCUT2D eigenvalue weighted by molar-refractivity contribution is 5.61. The maximum Gasteiger partial charge on any atom is 0.229 e. The van der Waals surface area contributed by atoms with Crippen LogP contribution < -0.4 is 19.7 Å². The highest BCUT2D eigenvalue weighted by atomic mass is 16.5. The van der Waals surface area contributed by atoms with Gasteiger partial charge in [0.2, 0.25) is 5.95 Å². The zero-order valence-corrected chi connectivity index (χ0v) is 15.7. The van der Waals surface area contributed by atoms with E-state index >= 15 is 0 Å². The zero-order chi connectivity index (χ0) is 19.0. The molecule has 0 aromatic carbocycles. The van der Waals surface area contributed by atoms with Crippen molar-refractivity contribution in [2.24, 2.45) is 0 Å². The second kappa shape index (κ2) is 6.75. The lowest BCUT2D eigenvalue weighted by Gasteiger charge is -2.32. The minimum Gasteiger partial charge on any atom is -0.493 e. The molecule has 0 amide bonds. The van der Waals surface area contributed by atoms with Gasteiger partial charge in [-0.25, -0.2) is 15.0 Å². The summed E-state index contributed by atoms with van der Waals surface area (Å²) < 4.78 is 13.0. The molecule has 0 saturated heterocycles. The van der Waals surface area contributed by atoms with Crippen LogP contribution in [0.4, 0.5) is 17.5 Å². The van der Waals surface area contributed by atoms with Gasteiger partial charge in [0.1, 0.15) is 12.9 Å². The molecule has 4 rings (SSSR count). The van der Waals surface area contributed by atoms with Crippen LogP contribution in [-0.4, -0.2) is 51.3 Å². The number of rotatable bonds is 4. The summed E-state index contributed by atoms with van der Waals surface area (Å²) in [7, 11) is 3.60. The summed E-state index contributed by atoms with van der Waals surface area (Å²) in [5, 5.41) is 3.18. The van der Waals surface area contributed by atoms with Crippen molar-refractivity contribution < 1.29 is 9.47 Å². The number of pyridine rings is 1. The Hall–Kier alpha value is -3.36. The monoisotopic (exact) mass is 367 g/mol. The normalized spacial score (nSPS) is 15.9. The van der Waals surface area contributed by atoms with Gasteiger partial charge >= 0.3 is 0 Å². The molecule has 140 valence electrons. The minimum absolute atomic E-state index is 0.250. The Morgan fingerprint density at radius 1 is 1.22 bits per heavy atom. The standard InChI is InChI=1S/C18H21N7O2/c1-11-8-25(10-21-11)16-14(26-4)5-13(6-19-16)22-18-20-7-15-17(23-18)24(3)12(2)9-27-15/h5-8,10,12H,9H2,1-4H3,(H,20,22,23). The van der Waals surface area contributed by atoms with E-state index in [2.05, 4.69) is 37.1 Å². The van der Waals surface area contributed by atoms with E-state index in [1.807, 2.05) is 30.8 Å². The first kappa shape index (κ1) is 17.1. The lowest BCUT2D eigenvalue weighted by atomic mass is 10.2. The minimum atomic E-state index is 0.250. The average molecular weight is 367 g/mol. The second-order valence-corrected chi connectivity index (χ2v) is 6.45. The number of hydrogen-bond donors (Lipinski definition) is 1. The van der Waals surface area contributed by atoms with Gasteiger partial charge in [0.15, 0.2) is 23.1 Å². The van der Waals surface area contributed by atoms with Gasteiger partial charge in [0.25, 0.3) is 0 Å². The summed E-state index contributed by atoms with van der Waals surface area (Å²) in [5.41, 5.74) is 1.63. The first-order valence-electron chi connectivity index (χ1n) is 8.60. The predicted molar refractivity (Wildman–Crippen MR) is 101 cm³/mol. The molecular weight excluding hydrogens is 346 g/mol. The Balaban J connectivity index is 1.62. The number of nitrogens with zero attached hydrogens (tertiary/aromatic N) is 6. The fourth-order valence-corrected chi connectivity index (χ4v) is 2.82. The molecule has 1 N–H and O–H groups in total. The van der Waals surface area contributed by atoms with E-state index in [0.29, 0.717) is 29.9 Å². The number of methoxy groups -OCH3 is 1. The molecule has 9 nitrogen and oxygen atoms in total. The number of aryl methyl sites for hydroxylation is 1. The van der Waals surface area contributed by atoms with E-state index in [9.17, 15) is 0 Å². The molecule has 9 heteroatoms. The maximum atomic E-state index is 5.68. The Bertz CT molecular complexity index is 972. The molecule has 4 heterocycles. The average Bonchev–Trinajstić information content (AvgIpc) is 3.11. The van der Waals surface area contributed by atoms with Crippen molar-refractivity contribution >= 4 is 17.5 Å². The van der Waals surface area contributed by atoms with Crippen LogP contribution in [0.1, 0.15) is 12.6 Å². The van der Waals surface area contributed by atoms with E-state index in [-0.39, 0.29) is 6.04 Å². The van der Waals surface area contributed by atoms with Gasteiger partial charge in [-0.05, 0) is 13.8 Å². The quantitative estimate of drug-likeness (QED) is 0.751. The topological polar surface area (TPSA) is 90.2 Å². The van der Waals surface area contributed by atoms with E-state index < -0.39 is 0 Å². The fraction of sp³-hybridized carbons (Fsp3) is 0.333. The summed E-state index contributed by atoms with van der Waals surface area (Å²) in [6.07, 6.45) is 6.98. The van der Waals surface area contributed by atoms with Crippen LogP contribution in [0.15, 0.2) is 31.0 Å². The Labute approximate surface area is 157 Å². The fourth-order valence-electron chi connectivity index (χ4n) is 2.82. The molecule has 3 aromatic rings.